The maximum absolute atomic E-state index is 5.05. The fraction of sp³-hybridized carbons (Fsp3) is 0.0625. The molecule has 0 spiro atoms. The predicted octanol–water partition coefficient (Wildman–Crippen LogP) is 13.7. The van der Waals surface area contributed by atoms with Crippen LogP contribution in [-0.2, 0) is 0 Å². The molecule has 0 radical (unpaired) electrons. The molecule has 1 aliphatic carbocycles. The molecule has 0 bridgehead atoms. The smallest absolute Gasteiger partial charge is 0.138 e. The molecule has 3 aromatic heterocycles. The first kappa shape index (κ1) is 28.8. The van der Waals surface area contributed by atoms with Crippen LogP contribution in [0.5, 0.6) is 0 Å². The van der Waals surface area contributed by atoms with Gasteiger partial charge in [-0.05, 0) is 119 Å². The first-order valence-corrected chi connectivity index (χ1v) is 18.6. The SMILES string of the molecule is CC1CC=Cc2ccc(-c3c4ccccc4c(-c4ccc5ccccc5c4)c4ccc(-c5ccc6nc7c8ccccc8sc7n6c5)cc34)cc21. The van der Waals surface area contributed by atoms with E-state index in [1.54, 1.807) is 0 Å². The summed E-state index contributed by atoms with van der Waals surface area (Å²) in [5.41, 5.74) is 12.3. The van der Waals surface area contributed by atoms with Crippen molar-refractivity contribution in [1.29, 1.82) is 0 Å². The van der Waals surface area contributed by atoms with E-state index < -0.39 is 0 Å². The molecule has 10 aromatic rings. The summed E-state index contributed by atoms with van der Waals surface area (Å²) in [6.45, 7) is 2.35. The van der Waals surface area contributed by atoms with Crippen molar-refractivity contribution in [3.05, 3.63) is 163 Å². The largest absolute Gasteiger partial charge is 0.290 e. The average molecular weight is 669 g/mol. The van der Waals surface area contributed by atoms with E-state index in [9.17, 15) is 0 Å². The van der Waals surface area contributed by atoms with E-state index in [1.165, 1.54) is 91.7 Å². The standard InChI is InChI=1S/C48H32N2S/c1-29-9-8-12-31-18-20-35(27-41(29)31)46-38-14-5-4-13-37(38)45(34-19-17-30-10-2-3-11-32(30)25-34)39-23-21-33(26-42(39)46)36-22-24-44-49-47-40-15-6-7-16-43(40)51-48(47)50(44)28-36/h2-8,10-29H,9H2,1H3. The molecule has 3 heteroatoms. The van der Waals surface area contributed by atoms with Crippen molar-refractivity contribution in [3.63, 3.8) is 0 Å². The highest BCUT2D eigenvalue weighted by atomic mass is 32.1. The van der Waals surface area contributed by atoms with E-state index >= 15 is 0 Å². The first-order valence-electron chi connectivity index (χ1n) is 17.8. The van der Waals surface area contributed by atoms with Gasteiger partial charge in [-0.2, -0.15) is 0 Å². The summed E-state index contributed by atoms with van der Waals surface area (Å²) in [5.74, 6) is 0.488. The zero-order valence-corrected chi connectivity index (χ0v) is 28.9. The van der Waals surface area contributed by atoms with Crippen LogP contribution < -0.4 is 0 Å². The van der Waals surface area contributed by atoms with Gasteiger partial charge in [0, 0.05) is 16.3 Å². The van der Waals surface area contributed by atoms with Gasteiger partial charge in [0.05, 0.1) is 0 Å². The molecule has 51 heavy (non-hydrogen) atoms. The third-order valence-corrected chi connectivity index (χ3v) is 12.2. The number of allylic oxidation sites excluding steroid dienone is 1. The Kier molecular flexibility index (Phi) is 6.20. The Morgan fingerprint density at radius 2 is 1.27 bits per heavy atom. The Morgan fingerprint density at radius 3 is 2.16 bits per heavy atom. The summed E-state index contributed by atoms with van der Waals surface area (Å²) < 4.78 is 3.55. The number of nitrogens with zero attached hydrogens (tertiary/aromatic N) is 2. The molecule has 11 rings (SSSR count). The number of fused-ring (bicyclic) bond motifs is 9. The van der Waals surface area contributed by atoms with E-state index in [-0.39, 0.29) is 0 Å². The van der Waals surface area contributed by atoms with Gasteiger partial charge in [0.2, 0.25) is 0 Å². The molecule has 1 atom stereocenters. The molecule has 240 valence electrons. The quantitative estimate of drug-likeness (QED) is 0.171. The topological polar surface area (TPSA) is 17.3 Å². The van der Waals surface area contributed by atoms with E-state index in [0.29, 0.717) is 5.92 Å². The van der Waals surface area contributed by atoms with Crippen molar-refractivity contribution in [2.75, 3.05) is 0 Å². The van der Waals surface area contributed by atoms with Crippen molar-refractivity contribution in [3.8, 4) is 33.4 Å². The van der Waals surface area contributed by atoms with Gasteiger partial charge in [0.15, 0.2) is 0 Å². The number of imidazole rings is 1. The van der Waals surface area contributed by atoms with Gasteiger partial charge in [-0.25, -0.2) is 4.98 Å². The number of pyridine rings is 1. The number of rotatable bonds is 3. The van der Waals surface area contributed by atoms with E-state index in [0.717, 1.165) is 17.6 Å². The average Bonchev–Trinajstić information content (AvgIpc) is 3.72. The van der Waals surface area contributed by atoms with Crippen molar-refractivity contribution in [2.45, 2.75) is 19.3 Å². The second-order valence-corrected chi connectivity index (χ2v) is 15.0. The van der Waals surface area contributed by atoms with Crippen LogP contribution >= 0.6 is 11.3 Å². The van der Waals surface area contributed by atoms with Gasteiger partial charge in [0.25, 0.3) is 0 Å². The Labute approximate surface area is 299 Å². The highest BCUT2D eigenvalue weighted by Gasteiger charge is 2.21. The number of aromatic nitrogens is 2. The van der Waals surface area contributed by atoms with Crippen molar-refractivity contribution >= 4 is 75.8 Å². The number of hydrogen-bond donors (Lipinski definition) is 0. The molecular weight excluding hydrogens is 637 g/mol. The van der Waals surface area contributed by atoms with Gasteiger partial charge >= 0.3 is 0 Å². The van der Waals surface area contributed by atoms with Gasteiger partial charge in [-0.15, -0.1) is 11.3 Å². The molecule has 3 heterocycles. The van der Waals surface area contributed by atoms with Crippen LogP contribution in [-0.4, -0.2) is 9.38 Å². The van der Waals surface area contributed by atoms with Crippen LogP contribution in [0.15, 0.2) is 152 Å². The normalized spacial score (nSPS) is 14.4. The van der Waals surface area contributed by atoms with E-state index in [2.05, 4.69) is 169 Å². The van der Waals surface area contributed by atoms with Crippen molar-refractivity contribution in [1.82, 2.24) is 9.38 Å². The third kappa shape index (κ3) is 4.38. The summed E-state index contributed by atoms with van der Waals surface area (Å²) in [5, 5.41) is 8.83. The fourth-order valence-electron chi connectivity index (χ4n) is 8.48. The maximum atomic E-state index is 5.05. The Bertz CT molecular complexity index is 3080. The van der Waals surface area contributed by atoms with Crippen LogP contribution in [0.4, 0.5) is 0 Å². The molecule has 0 aliphatic heterocycles. The Balaban J connectivity index is 1.21. The van der Waals surface area contributed by atoms with E-state index in [1.807, 2.05) is 11.3 Å². The van der Waals surface area contributed by atoms with Crippen molar-refractivity contribution < 1.29 is 0 Å². The molecule has 1 aliphatic rings. The molecule has 0 saturated carbocycles. The highest BCUT2D eigenvalue weighted by Crippen LogP contribution is 2.46. The summed E-state index contributed by atoms with van der Waals surface area (Å²) in [7, 11) is 0. The Hall–Kier alpha value is -6.03. The highest BCUT2D eigenvalue weighted by molar-refractivity contribution is 7.25. The minimum Gasteiger partial charge on any atom is -0.290 e. The lowest BCUT2D eigenvalue weighted by molar-refractivity contribution is 0.772. The number of hydrogen-bond acceptors (Lipinski definition) is 2. The summed E-state index contributed by atoms with van der Waals surface area (Å²) in [4.78, 5) is 6.24. The van der Waals surface area contributed by atoms with Gasteiger partial charge in [-0.3, -0.25) is 4.40 Å². The first-order chi connectivity index (χ1) is 25.2. The molecule has 0 saturated heterocycles. The van der Waals surface area contributed by atoms with Gasteiger partial charge < -0.3 is 0 Å². The Morgan fingerprint density at radius 1 is 0.588 bits per heavy atom. The minimum atomic E-state index is 0.488. The second-order valence-electron chi connectivity index (χ2n) is 14.0. The van der Waals surface area contributed by atoms with Crippen molar-refractivity contribution in [2.24, 2.45) is 0 Å². The maximum Gasteiger partial charge on any atom is 0.138 e. The molecule has 7 aromatic carbocycles. The lowest BCUT2D eigenvalue weighted by Gasteiger charge is -2.22. The zero-order valence-electron chi connectivity index (χ0n) is 28.1. The van der Waals surface area contributed by atoms with Crippen LogP contribution in [0.2, 0.25) is 0 Å². The molecule has 0 N–H and O–H groups in total. The lowest BCUT2D eigenvalue weighted by atomic mass is 9.82. The summed E-state index contributed by atoms with van der Waals surface area (Å²) in [6.07, 6.45) is 7.95. The molecular formula is C48H32N2S. The number of benzene rings is 7. The van der Waals surface area contributed by atoms with Crippen LogP contribution in [0.1, 0.15) is 30.4 Å². The molecule has 2 nitrogen and oxygen atoms in total. The second kappa shape index (κ2) is 11.0. The lowest BCUT2D eigenvalue weighted by Crippen LogP contribution is -2.00. The van der Waals surface area contributed by atoms with Crippen LogP contribution in [0.3, 0.4) is 0 Å². The predicted molar refractivity (Wildman–Crippen MR) is 219 cm³/mol. The zero-order chi connectivity index (χ0) is 33.6. The van der Waals surface area contributed by atoms with E-state index in [4.69, 9.17) is 4.98 Å². The van der Waals surface area contributed by atoms with Gasteiger partial charge in [-0.1, -0.05) is 128 Å². The summed E-state index contributed by atoms with van der Waals surface area (Å²) >= 11 is 1.81. The van der Waals surface area contributed by atoms with Gasteiger partial charge in [0.1, 0.15) is 16.0 Å². The molecule has 0 fully saturated rings. The molecule has 1 unspecified atom stereocenters. The monoisotopic (exact) mass is 668 g/mol. The fourth-order valence-corrected chi connectivity index (χ4v) is 9.61. The number of thiophene rings is 1. The molecule has 0 amide bonds. The minimum absolute atomic E-state index is 0.488. The van der Waals surface area contributed by atoms with Crippen LogP contribution in [0, 0.1) is 0 Å². The van der Waals surface area contributed by atoms with Crippen LogP contribution in [0.25, 0.3) is 97.9 Å². The third-order valence-electron chi connectivity index (χ3n) is 11.0. The summed E-state index contributed by atoms with van der Waals surface area (Å²) in [6, 6.07) is 51.8.